The third-order valence-corrected chi connectivity index (χ3v) is 4.67. The molecule has 0 saturated heterocycles. The lowest BCUT2D eigenvalue weighted by molar-refractivity contribution is -0.386. The number of nitrogens with zero attached hydrogens (tertiary/aromatic N) is 3. The Morgan fingerprint density at radius 3 is 2.63 bits per heavy atom. The van der Waals surface area contributed by atoms with Crippen LogP contribution in [0.2, 0.25) is 0 Å². The van der Waals surface area contributed by atoms with Crippen LogP contribution in [0.15, 0.2) is 6.20 Å². The van der Waals surface area contributed by atoms with E-state index in [9.17, 15) is 14.9 Å². The Balaban J connectivity index is 2.21. The molecule has 1 aliphatic rings. The van der Waals surface area contributed by atoms with E-state index in [0.717, 1.165) is 6.20 Å². The van der Waals surface area contributed by atoms with Crippen LogP contribution in [0.5, 0.6) is 0 Å². The van der Waals surface area contributed by atoms with Crippen LogP contribution in [0, 0.1) is 10.1 Å². The van der Waals surface area contributed by atoms with E-state index >= 15 is 4.39 Å². The summed E-state index contributed by atoms with van der Waals surface area (Å²) in [6.07, 6.45) is 0.583. The van der Waals surface area contributed by atoms with Crippen LogP contribution in [0.1, 0.15) is 52.1 Å². The number of carbonyl (C=O) groups is 1. The second-order valence-corrected chi connectivity index (χ2v) is 7.83. The van der Waals surface area contributed by atoms with Crippen molar-refractivity contribution in [3.05, 3.63) is 22.0 Å². The molecule has 1 heterocycles. The molecule has 1 aliphatic carbocycles. The summed E-state index contributed by atoms with van der Waals surface area (Å²) in [4.78, 5) is 22.7. The minimum absolute atomic E-state index is 0.00625. The van der Waals surface area contributed by atoms with Crippen molar-refractivity contribution in [3.8, 4) is 0 Å². The van der Waals surface area contributed by atoms with E-state index in [-0.39, 0.29) is 37.1 Å². The van der Waals surface area contributed by atoms with Crippen molar-refractivity contribution in [2.24, 2.45) is 7.05 Å². The van der Waals surface area contributed by atoms with Gasteiger partial charge in [-0.15, -0.1) is 0 Å². The molecule has 2 rings (SSSR count). The number of halogens is 1. The number of rotatable bonds is 4. The van der Waals surface area contributed by atoms with Crippen LogP contribution < -0.4 is 5.32 Å². The zero-order valence-corrected chi connectivity index (χ0v) is 16.3. The highest BCUT2D eigenvalue weighted by Crippen LogP contribution is 2.43. The number of ether oxygens (including phenoxy) is 2. The quantitative estimate of drug-likeness (QED) is 0.484. The molecule has 1 aromatic rings. The Morgan fingerprint density at radius 1 is 1.44 bits per heavy atom. The maximum atomic E-state index is 15.8. The first kappa shape index (κ1) is 21.1. The van der Waals surface area contributed by atoms with Crippen LogP contribution in [0.25, 0.3) is 0 Å². The van der Waals surface area contributed by atoms with E-state index in [2.05, 4.69) is 10.4 Å². The van der Waals surface area contributed by atoms with E-state index in [4.69, 9.17) is 9.47 Å². The number of methoxy groups -OCH3 is 1. The summed E-state index contributed by atoms with van der Waals surface area (Å²) in [5, 5.41) is 17.8. The molecule has 1 aromatic heterocycles. The molecule has 1 fully saturated rings. The van der Waals surface area contributed by atoms with Gasteiger partial charge in [0.2, 0.25) is 0 Å². The predicted molar refractivity (Wildman–Crippen MR) is 95.1 cm³/mol. The molecule has 27 heavy (non-hydrogen) atoms. The predicted octanol–water partition coefficient (Wildman–Crippen LogP) is 2.98. The summed E-state index contributed by atoms with van der Waals surface area (Å²) >= 11 is 0. The molecule has 0 aliphatic heterocycles. The van der Waals surface area contributed by atoms with E-state index < -0.39 is 34.4 Å². The smallest absolute Gasteiger partial charge is 0.407 e. The first-order chi connectivity index (χ1) is 12.5. The average Bonchev–Trinajstić information content (AvgIpc) is 2.86. The first-order valence-corrected chi connectivity index (χ1v) is 8.85. The Bertz CT molecular complexity index is 702. The highest BCUT2D eigenvalue weighted by Gasteiger charge is 2.45. The summed E-state index contributed by atoms with van der Waals surface area (Å²) in [6, 6.07) is -0.463. The van der Waals surface area contributed by atoms with Gasteiger partial charge in [-0.2, -0.15) is 5.10 Å². The number of aromatic nitrogens is 2. The van der Waals surface area contributed by atoms with E-state index in [1.807, 2.05) is 0 Å². The van der Waals surface area contributed by atoms with Gasteiger partial charge >= 0.3 is 11.8 Å². The summed E-state index contributed by atoms with van der Waals surface area (Å²) in [6.45, 7) is 5.25. The number of amides is 1. The zero-order chi connectivity index (χ0) is 20.4. The molecule has 0 aromatic carbocycles. The van der Waals surface area contributed by atoms with Gasteiger partial charge in [0.05, 0.1) is 17.1 Å². The van der Waals surface area contributed by atoms with Crippen molar-refractivity contribution in [3.63, 3.8) is 0 Å². The highest BCUT2D eigenvalue weighted by atomic mass is 19.1. The number of nitrogens with one attached hydrogen (secondary N) is 1. The Kier molecular flexibility index (Phi) is 6.08. The first-order valence-electron chi connectivity index (χ1n) is 8.85. The van der Waals surface area contributed by atoms with Crippen molar-refractivity contribution >= 4 is 11.8 Å². The van der Waals surface area contributed by atoms with Gasteiger partial charge in [0.15, 0.2) is 11.4 Å². The number of hydrogen-bond acceptors (Lipinski definition) is 6. The average molecular weight is 386 g/mol. The number of hydrogen-bond donors (Lipinski definition) is 1. The van der Waals surface area contributed by atoms with Gasteiger partial charge < -0.3 is 14.8 Å². The van der Waals surface area contributed by atoms with Gasteiger partial charge in [0, 0.05) is 14.2 Å². The molecule has 1 saturated carbocycles. The molecule has 1 unspecified atom stereocenters. The molecule has 152 valence electrons. The lowest BCUT2D eigenvalue weighted by Gasteiger charge is -2.27. The van der Waals surface area contributed by atoms with E-state index in [0.29, 0.717) is 0 Å². The number of aryl methyl sites for hydroxylation is 1. The normalized spacial score (nSPS) is 26.3. The fourth-order valence-electron chi connectivity index (χ4n) is 3.49. The summed E-state index contributed by atoms with van der Waals surface area (Å²) in [7, 11) is 2.98. The van der Waals surface area contributed by atoms with E-state index in [1.54, 1.807) is 20.8 Å². The van der Waals surface area contributed by atoms with Gasteiger partial charge in [-0.05, 0) is 46.5 Å². The van der Waals surface area contributed by atoms with Crippen LogP contribution in [-0.2, 0) is 22.2 Å². The number of alkyl carbamates (subject to hydrolysis) is 1. The fraction of sp³-hybridized carbons (Fsp3) is 0.765. The van der Waals surface area contributed by atoms with Crippen molar-refractivity contribution in [1.29, 1.82) is 0 Å². The van der Waals surface area contributed by atoms with Crippen LogP contribution in [0.3, 0.4) is 0 Å². The van der Waals surface area contributed by atoms with E-state index in [1.165, 1.54) is 18.8 Å². The van der Waals surface area contributed by atoms with Crippen molar-refractivity contribution in [1.82, 2.24) is 15.1 Å². The minimum Gasteiger partial charge on any atom is -0.444 e. The molecule has 1 amide bonds. The standard InChI is InChI=1S/C17H27FN4O5/c1-16(2,3)27-15(23)20-11-6-8-17(18,9-7-13(11)26-5)14-12(22(24)25)10-19-21(14)4/h10-11,13H,6-9H2,1-5H3,(H,20,23)/t11-,13-,17?/m1/s1. The Morgan fingerprint density at radius 2 is 2.07 bits per heavy atom. The molecular formula is C17H27FN4O5. The maximum Gasteiger partial charge on any atom is 0.407 e. The monoisotopic (exact) mass is 386 g/mol. The number of alkyl halides is 1. The Hall–Kier alpha value is -2.23. The second kappa shape index (κ2) is 7.79. The third-order valence-electron chi connectivity index (χ3n) is 4.67. The Labute approximate surface area is 157 Å². The van der Waals surface area contributed by atoms with Crippen molar-refractivity contribution < 1.29 is 23.6 Å². The molecule has 0 bridgehead atoms. The highest BCUT2D eigenvalue weighted by molar-refractivity contribution is 5.68. The van der Waals surface area contributed by atoms with Crippen LogP contribution in [-0.4, -0.2) is 45.7 Å². The molecular weight excluding hydrogens is 359 g/mol. The lowest BCUT2D eigenvalue weighted by atomic mass is 9.91. The van der Waals surface area contributed by atoms with Gasteiger partial charge in [-0.1, -0.05) is 0 Å². The van der Waals surface area contributed by atoms with Crippen LogP contribution in [0.4, 0.5) is 14.9 Å². The molecule has 10 heteroatoms. The SMILES string of the molecule is CO[C@@H]1CCC(F)(c2c([N+](=O)[O-])cnn2C)CC[C@H]1NC(=O)OC(C)(C)C. The molecule has 0 spiro atoms. The molecule has 3 atom stereocenters. The second-order valence-electron chi connectivity index (χ2n) is 7.83. The van der Waals surface area contributed by atoms with Crippen molar-refractivity contribution in [2.75, 3.05) is 7.11 Å². The number of carbonyl (C=O) groups excluding carboxylic acids is 1. The van der Waals surface area contributed by atoms with Gasteiger partial charge in [0.25, 0.3) is 0 Å². The van der Waals surface area contributed by atoms with Crippen molar-refractivity contribution in [2.45, 2.75) is 69.9 Å². The number of nitro groups is 1. The topological polar surface area (TPSA) is 109 Å². The summed E-state index contributed by atoms with van der Waals surface area (Å²) < 4.78 is 27.7. The third kappa shape index (κ3) is 4.94. The zero-order valence-electron chi connectivity index (χ0n) is 16.3. The van der Waals surface area contributed by atoms with Gasteiger partial charge in [-0.25, -0.2) is 9.18 Å². The van der Waals surface area contributed by atoms with Crippen LogP contribution >= 0.6 is 0 Å². The molecule has 9 nitrogen and oxygen atoms in total. The minimum atomic E-state index is -1.94. The van der Waals surface area contributed by atoms with Gasteiger partial charge in [-0.3, -0.25) is 14.8 Å². The maximum absolute atomic E-state index is 15.8. The summed E-state index contributed by atoms with van der Waals surface area (Å²) in [5.74, 6) is 0. The summed E-state index contributed by atoms with van der Waals surface area (Å²) in [5.41, 5.74) is -2.99. The molecule has 1 N–H and O–H groups in total. The molecule has 0 radical (unpaired) electrons. The van der Waals surface area contributed by atoms with Gasteiger partial charge in [0.1, 0.15) is 11.8 Å². The largest absolute Gasteiger partial charge is 0.444 e. The lowest BCUT2D eigenvalue weighted by Crippen LogP contribution is -2.45. The fourth-order valence-corrected chi connectivity index (χ4v) is 3.49.